The molecule has 5 rings (SSSR count). The Bertz CT molecular complexity index is 1760. The normalized spacial score (nSPS) is 14.6. The fraction of sp³-hybridized carbons (Fsp3) is 0.143. The highest BCUT2D eigenvalue weighted by molar-refractivity contribution is 8.08. The average Bonchev–Trinajstić information content (AvgIpc) is 3.37. The third-order valence-electron chi connectivity index (χ3n) is 5.76. The molecule has 0 saturated carbocycles. The maximum absolute atomic E-state index is 13.1. The van der Waals surface area contributed by atoms with Gasteiger partial charge in [0.05, 0.1) is 15.2 Å². The molecule has 7 nitrogen and oxygen atoms in total. The Morgan fingerprint density at radius 1 is 1.05 bits per heavy atom. The van der Waals surface area contributed by atoms with Crippen LogP contribution in [0.3, 0.4) is 0 Å². The maximum atomic E-state index is 13.1. The molecule has 0 spiro atoms. The van der Waals surface area contributed by atoms with E-state index in [1.165, 1.54) is 28.4 Å². The van der Waals surface area contributed by atoms with Crippen molar-refractivity contribution in [3.63, 3.8) is 0 Å². The number of aryl methyl sites for hydroxylation is 2. The van der Waals surface area contributed by atoms with Gasteiger partial charge in [-0.1, -0.05) is 47.7 Å². The molecule has 0 unspecified atom stereocenters. The van der Waals surface area contributed by atoms with Gasteiger partial charge in [-0.25, -0.2) is 13.0 Å². The van der Waals surface area contributed by atoms with Crippen molar-refractivity contribution in [1.82, 2.24) is 4.57 Å². The van der Waals surface area contributed by atoms with Gasteiger partial charge in [0.25, 0.3) is 5.56 Å². The van der Waals surface area contributed by atoms with E-state index >= 15 is 0 Å². The van der Waals surface area contributed by atoms with Gasteiger partial charge in [0.15, 0.2) is 12.4 Å². The number of rotatable bonds is 4. The molecule has 4 aromatic rings. The standard InChI is InChI=1S/C21H20N3OS2.C7H8O3S/c1-4-11-24-18(14-15-9-12-22(2)13-10-15)27-19(20(24)25)21-23(3)16-7-5-6-8-17(16)26-21;1-6-2-4-7(5-3-6)11(8,9)10/h4-10,12-14H,1,11H2,2-3H3;2-5H,1H3,(H,8,9,10)/q+1;/p-1. The average molecular weight is 566 g/mol. The molecular formula is C28H27N3O4S3. The number of anilines is 1. The van der Waals surface area contributed by atoms with Gasteiger partial charge in [0, 0.05) is 30.6 Å². The highest BCUT2D eigenvalue weighted by Crippen LogP contribution is 2.44. The molecule has 1 aliphatic heterocycles. The number of thiazole rings is 1. The summed E-state index contributed by atoms with van der Waals surface area (Å²) >= 11 is 3.19. The molecule has 0 radical (unpaired) electrons. The minimum absolute atomic E-state index is 0.0368. The molecule has 0 N–H and O–H groups in total. The topological polar surface area (TPSA) is 86.3 Å². The van der Waals surface area contributed by atoms with Crippen LogP contribution < -0.4 is 24.2 Å². The van der Waals surface area contributed by atoms with Crippen molar-refractivity contribution in [1.29, 1.82) is 0 Å². The van der Waals surface area contributed by atoms with E-state index in [1.54, 1.807) is 34.5 Å². The van der Waals surface area contributed by atoms with Crippen LogP contribution in [0.2, 0.25) is 0 Å². The zero-order valence-electron chi connectivity index (χ0n) is 21.2. The summed E-state index contributed by atoms with van der Waals surface area (Å²) in [7, 11) is -0.262. The smallest absolute Gasteiger partial charge is 0.272 e. The maximum Gasteiger partial charge on any atom is 0.272 e. The number of hydrogen-bond donors (Lipinski definition) is 0. The van der Waals surface area contributed by atoms with E-state index in [1.807, 2.05) is 62.2 Å². The number of benzene rings is 2. The predicted molar refractivity (Wildman–Crippen MR) is 152 cm³/mol. The molecule has 196 valence electrons. The van der Waals surface area contributed by atoms with Crippen molar-refractivity contribution >= 4 is 50.0 Å². The zero-order valence-corrected chi connectivity index (χ0v) is 23.6. The van der Waals surface area contributed by atoms with Crippen molar-refractivity contribution in [2.24, 2.45) is 7.05 Å². The molecule has 1 aliphatic rings. The van der Waals surface area contributed by atoms with Crippen molar-refractivity contribution in [3.05, 3.63) is 116 Å². The summed E-state index contributed by atoms with van der Waals surface area (Å²) in [5, 5.41) is 0.989. The Morgan fingerprint density at radius 3 is 2.32 bits per heavy atom. The number of para-hydroxylation sites is 1. The van der Waals surface area contributed by atoms with E-state index in [4.69, 9.17) is 0 Å². The van der Waals surface area contributed by atoms with Gasteiger partial charge >= 0.3 is 0 Å². The molecule has 2 aromatic carbocycles. The number of fused-ring (bicyclic) bond motifs is 1. The highest BCUT2D eigenvalue weighted by Gasteiger charge is 2.24. The van der Waals surface area contributed by atoms with Crippen LogP contribution in [0.25, 0.3) is 11.1 Å². The minimum Gasteiger partial charge on any atom is -0.744 e. The predicted octanol–water partition coefficient (Wildman–Crippen LogP) is 2.96. The van der Waals surface area contributed by atoms with Crippen LogP contribution in [-0.2, 0) is 23.7 Å². The fourth-order valence-electron chi connectivity index (χ4n) is 3.73. The lowest BCUT2D eigenvalue weighted by molar-refractivity contribution is -0.671. The van der Waals surface area contributed by atoms with Gasteiger partial charge in [-0.2, -0.15) is 0 Å². The second-order valence-electron chi connectivity index (χ2n) is 8.62. The molecule has 0 aliphatic carbocycles. The first kappa shape index (κ1) is 27.6. The molecular weight excluding hydrogens is 539 g/mol. The Balaban J connectivity index is 0.000000257. The SMILES string of the molecule is C=CCn1c(=Cc2cc[n+](C)cc2)sc(=C2Sc3ccccc3N2C)c1=O.Cc1ccc(S(=O)(=O)[O-])cc1. The lowest BCUT2D eigenvalue weighted by atomic mass is 10.2. The molecule has 2 aromatic heterocycles. The summed E-state index contributed by atoms with van der Waals surface area (Å²) in [5.41, 5.74) is 3.17. The largest absolute Gasteiger partial charge is 0.744 e. The second-order valence-corrected chi connectivity index (χ2v) is 12.1. The second kappa shape index (κ2) is 11.5. The highest BCUT2D eigenvalue weighted by atomic mass is 32.2. The summed E-state index contributed by atoms with van der Waals surface area (Å²) < 4.78 is 36.7. The first-order valence-corrected chi connectivity index (χ1v) is 14.7. The van der Waals surface area contributed by atoms with Crippen LogP contribution in [-0.4, -0.2) is 24.6 Å². The Kier molecular flexibility index (Phi) is 8.37. The van der Waals surface area contributed by atoms with Crippen molar-refractivity contribution < 1.29 is 17.5 Å². The number of hydrogen-bond acceptors (Lipinski definition) is 7. The third kappa shape index (κ3) is 6.16. The van der Waals surface area contributed by atoms with Crippen LogP contribution in [0.4, 0.5) is 5.69 Å². The summed E-state index contributed by atoms with van der Waals surface area (Å²) in [5.74, 6) is 0. The van der Waals surface area contributed by atoms with E-state index in [0.29, 0.717) is 6.54 Å². The first-order valence-electron chi connectivity index (χ1n) is 11.6. The number of allylic oxidation sites excluding steroid dienone is 1. The number of aromatic nitrogens is 2. The molecule has 0 saturated heterocycles. The lowest BCUT2D eigenvalue weighted by Crippen LogP contribution is -2.33. The van der Waals surface area contributed by atoms with Gasteiger partial charge in [0.1, 0.15) is 26.7 Å². The Labute approximate surface area is 230 Å². The summed E-state index contributed by atoms with van der Waals surface area (Å²) in [6.45, 7) is 6.13. The number of nitrogens with zero attached hydrogens (tertiary/aromatic N) is 3. The summed E-state index contributed by atoms with van der Waals surface area (Å²) in [6, 6.07) is 18.1. The molecule has 3 heterocycles. The Morgan fingerprint density at radius 2 is 1.71 bits per heavy atom. The van der Waals surface area contributed by atoms with Gasteiger partial charge in [-0.3, -0.25) is 9.36 Å². The van der Waals surface area contributed by atoms with E-state index in [2.05, 4.69) is 29.7 Å². The fourth-order valence-corrected chi connectivity index (χ4v) is 6.62. The van der Waals surface area contributed by atoms with E-state index in [9.17, 15) is 17.8 Å². The van der Waals surface area contributed by atoms with Crippen LogP contribution in [0, 0.1) is 6.92 Å². The van der Waals surface area contributed by atoms with Crippen molar-refractivity contribution in [3.8, 4) is 0 Å². The quantitative estimate of drug-likeness (QED) is 0.215. The zero-order chi connectivity index (χ0) is 27.4. The van der Waals surface area contributed by atoms with E-state index < -0.39 is 10.1 Å². The molecule has 0 atom stereocenters. The monoisotopic (exact) mass is 565 g/mol. The van der Waals surface area contributed by atoms with Gasteiger partial charge in [-0.15, -0.1) is 17.9 Å². The molecule has 10 heteroatoms. The summed E-state index contributed by atoms with van der Waals surface area (Å²) in [6.07, 6.45) is 7.84. The van der Waals surface area contributed by atoms with E-state index in [-0.39, 0.29) is 10.5 Å². The van der Waals surface area contributed by atoms with Crippen molar-refractivity contribution in [2.75, 3.05) is 11.9 Å². The van der Waals surface area contributed by atoms with Crippen LogP contribution in [0.1, 0.15) is 11.1 Å². The Hall–Kier alpha value is -3.44. The number of thioether (sulfide) groups is 1. The molecule has 38 heavy (non-hydrogen) atoms. The molecule has 0 bridgehead atoms. The van der Waals surface area contributed by atoms with Gasteiger partial charge in [-0.05, 0) is 42.8 Å². The lowest BCUT2D eigenvalue weighted by Gasteiger charge is -2.11. The van der Waals surface area contributed by atoms with Crippen LogP contribution in [0.15, 0.2) is 100 Å². The van der Waals surface area contributed by atoms with Crippen LogP contribution in [0.5, 0.6) is 0 Å². The van der Waals surface area contributed by atoms with Gasteiger partial charge < -0.3 is 9.45 Å². The van der Waals surface area contributed by atoms with E-state index in [0.717, 1.165) is 31.0 Å². The van der Waals surface area contributed by atoms with Crippen LogP contribution >= 0.6 is 23.1 Å². The molecule has 0 amide bonds. The minimum atomic E-state index is -4.27. The number of pyridine rings is 1. The summed E-state index contributed by atoms with van der Waals surface area (Å²) in [4.78, 5) is 16.3. The van der Waals surface area contributed by atoms with Gasteiger partial charge in [0.2, 0.25) is 0 Å². The first-order chi connectivity index (χ1) is 18.1. The molecule has 0 fully saturated rings. The van der Waals surface area contributed by atoms with Crippen molar-refractivity contribution in [2.45, 2.75) is 23.3 Å². The third-order valence-corrected chi connectivity index (χ3v) is 9.09.